The van der Waals surface area contributed by atoms with E-state index >= 15 is 0 Å². The van der Waals surface area contributed by atoms with Crippen molar-refractivity contribution in [2.75, 3.05) is 26.2 Å². The maximum Gasteiger partial charge on any atom is 0.0982 e. The lowest BCUT2D eigenvalue weighted by Crippen LogP contribution is -2.38. The van der Waals surface area contributed by atoms with E-state index in [1.165, 1.54) is 0 Å². The summed E-state index contributed by atoms with van der Waals surface area (Å²) in [6.07, 6.45) is 5.95. The highest BCUT2D eigenvalue weighted by molar-refractivity contribution is 6.35. The second-order valence-electron chi connectivity index (χ2n) is 5.91. The van der Waals surface area contributed by atoms with E-state index < -0.39 is 0 Å². The van der Waals surface area contributed by atoms with Crippen LogP contribution in [0.15, 0.2) is 30.6 Å². The van der Waals surface area contributed by atoms with Crippen molar-refractivity contribution in [1.29, 1.82) is 0 Å². The van der Waals surface area contributed by atoms with Crippen LogP contribution < -0.4 is 0 Å². The molecule has 23 heavy (non-hydrogen) atoms. The number of hydrogen-bond acceptors (Lipinski definition) is 3. The lowest BCUT2D eigenvalue weighted by atomic mass is 10.1. The van der Waals surface area contributed by atoms with Gasteiger partial charge in [-0.05, 0) is 37.1 Å². The van der Waals surface area contributed by atoms with Gasteiger partial charge in [0, 0.05) is 41.9 Å². The first kappa shape index (κ1) is 16.8. The standard InChI is InChI=1S/C17H21Cl2N3O/c1-21-11-13(10-20-21)17-12-22(8-9-23-17)7-3-4-14-15(18)5-2-6-16(14)19/h2,5-6,10-11,17H,3-4,7-9,12H2,1H3. The first-order valence-corrected chi connectivity index (χ1v) is 8.64. The maximum atomic E-state index is 6.23. The molecule has 0 radical (unpaired) electrons. The van der Waals surface area contributed by atoms with Gasteiger partial charge in [-0.25, -0.2) is 0 Å². The van der Waals surface area contributed by atoms with Crippen LogP contribution in [0.5, 0.6) is 0 Å². The van der Waals surface area contributed by atoms with Crippen LogP contribution >= 0.6 is 23.2 Å². The fourth-order valence-electron chi connectivity index (χ4n) is 2.96. The quantitative estimate of drug-likeness (QED) is 0.820. The molecule has 0 bridgehead atoms. The van der Waals surface area contributed by atoms with Gasteiger partial charge in [0.25, 0.3) is 0 Å². The van der Waals surface area contributed by atoms with Gasteiger partial charge in [-0.1, -0.05) is 29.3 Å². The molecular weight excluding hydrogens is 333 g/mol. The fourth-order valence-corrected chi connectivity index (χ4v) is 3.55. The molecule has 3 rings (SSSR count). The Morgan fingerprint density at radius 3 is 2.78 bits per heavy atom. The molecule has 0 saturated carbocycles. The van der Waals surface area contributed by atoms with Crippen LogP contribution in [-0.2, 0) is 18.2 Å². The van der Waals surface area contributed by atoms with Crippen LogP contribution in [0.4, 0.5) is 0 Å². The predicted octanol–water partition coefficient (Wildman–Crippen LogP) is 3.73. The number of halogens is 2. The zero-order chi connectivity index (χ0) is 16.2. The summed E-state index contributed by atoms with van der Waals surface area (Å²) in [6, 6.07) is 5.68. The lowest BCUT2D eigenvalue weighted by molar-refractivity contribution is -0.0302. The van der Waals surface area contributed by atoms with Crippen molar-refractivity contribution in [2.45, 2.75) is 18.9 Å². The molecule has 1 saturated heterocycles. The molecule has 0 amide bonds. The third-order valence-corrected chi connectivity index (χ3v) is 4.92. The largest absolute Gasteiger partial charge is 0.371 e. The summed E-state index contributed by atoms with van der Waals surface area (Å²) in [5.41, 5.74) is 2.19. The molecule has 1 atom stereocenters. The Kier molecular flexibility index (Phi) is 5.59. The summed E-state index contributed by atoms with van der Waals surface area (Å²) in [5.74, 6) is 0. The van der Waals surface area contributed by atoms with Gasteiger partial charge >= 0.3 is 0 Å². The van der Waals surface area contributed by atoms with E-state index in [2.05, 4.69) is 10.00 Å². The molecule has 1 unspecified atom stereocenters. The highest BCUT2D eigenvalue weighted by Crippen LogP contribution is 2.26. The van der Waals surface area contributed by atoms with E-state index in [1.54, 1.807) is 0 Å². The van der Waals surface area contributed by atoms with Crippen LogP contribution in [0.25, 0.3) is 0 Å². The number of benzene rings is 1. The molecular formula is C17H21Cl2N3O. The molecule has 1 aliphatic heterocycles. The van der Waals surface area contributed by atoms with Gasteiger partial charge in [0.05, 0.1) is 18.9 Å². The van der Waals surface area contributed by atoms with Gasteiger partial charge in [-0.3, -0.25) is 9.58 Å². The van der Waals surface area contributed by atoms with E-state index in [0.717, 1.165) is 60.3 Å². The summed E-state index contributed by atoms with van der Waals surface area (Å²) >= 11 is 12.5. The molecule has 1 aromatic carbocycles. The second-order valence-corrected chi connectivity index (χ2v) is 6.73. The van der Waals surface area contributed by atoms with Crippen LogP contribution in [0.1, 0.15) is 23.7 Å². The normalized spacial score (nSPS) is 19.2. The molecule has 0 N–H and O–H groups in total. The molecule has 1 aliphatic rings. The van der Waals surface area contributed by atoms with Gasteiger partial charge < -0.3 is 4.74 Å². The van der Waals surface area contributed by atoms with Crippen LogP contribution in [0, 0.1) is 0 Å². The average Bonchev–Trinajstić information content (AvgIpc) is 2.97. The van der Waals surface area contributed by atoms with Crippen molar-refractivity contribution in [1.82, 2.24) is 14.7 Å². The Bertz CT molecular complexity index is 639. The van der Waals surface area contributed by atoms with Crippen molar-refractivity contribution < 1.29 is 4.74 Å². The molecule has 1 fully saturated rings. The third-order valence-electron chi connectivity index (χ3n) is 4.21. The fraction of sp³-hybridized carbons (Fsp3) is 0.471. The number of ether oxygens (including phenoxy) is 1. The molecule has 0 spiro atoms. The first-order valence-electron chi connectivity index (χ1n) is 7.89. The number of morpholine rings is 1. The number of rotatable bonds is 5. The van der Waals surface area contributed by atoms with E-state index in [-0.39, 0.29) is 6.10 Å². The van der Waals surface area contributed by atoms with E-state index in [0.29, 0.717) is 0 Å². The Morgan fingerprint density at radius 2 is 2.09 bits per heavy atom. The average molecular weight is 354 g/mol. The molecule has 4 nitrogen and oxygen atoms in total. The second kappa shape index (κ2) is 7.67. The van der Waals surface area contributed by atoms with Gasteiger partial charge in [-0.15, -0.1) is 0 Å². The summed E-state index contributed by atoms with van der Waals surface area (Å²) < 4.78 is 7.69. The van der Waals surface area contributed by atoms with Crippen molar-refractivity contribution in [3.63, 3.8) is 0 Å². The third kappa shape index (κ3) is 4.27. The van der Waals surface area contributed by atoms with Gasteiger partial charge in [0.2, 0.25) is 0 Å². The highest BCUT2D eigenvalue weighted by atomic mass is 35.5. The van der Waals surface area contributed by atoms with E-state index in [9.17, 15) is 0 Å². The minimum Gasteiger partial charge on any atom is -0.371 e. The molecule has 2 heterocycles. The highest BCUT2D eigenvalue weighted by Gasteiger charge is 2.22. The molecule has 6 heteroatoms. The summed E-state index contributed by atoms with van der Waals surface area (Å²) in [6.45, 7) is 3.64. The monoisotopic (exact) mass is 353 g/mol. The van der Waals surface area contributed by atoms with Gasteiger partial charge in [0.1, 0.15) is 0 Å². The summed E-state index contributed by atoms with van der Waals surface area (Å²) in [5, 5.41) is 5.74. The molecule has 0 aliphatic carbocycles. The molecule has 2 aromatic rings. The zero-order valence-corrected chi connectivity index (χ0v) is 14.7. The minimum atomic E-state index is 0.112. The Balaban J connectivity index is 1.52. The first-order chi connectivity index (χ1) is 11.1. The number of hydrogen-bond donors (Lipinski definition) is 0. The van der Waals surface area contributed by atoms with E-state index in [1.807, 2.05) is 42.3 Å². The topological polar surface area (TPSA) is 30.3 Å². The smallest absolute Gasteiger partial charge is 0.0982 e. The maximum absolute atomic E-state index is 6.23. The van der Waals surface area contributed by atoms with Crippen molar-refractivity contribution in [3.8, 4) is 0 Å². The Morgan fingerprint density at radius 1 is 1.30 bits per heavy atom. The molecule has 1 aromatic heterocycles. The Hall–Kier alpha value is -1.07. The van der Waals surface area contributed by atoms with E-state index in [4.69, 9.17) is 27.9 Å². The van der Waals surface area contributed by atoms with Crippen molar-refractivity contribution in [2.24, 2.45) is 7.05 Å². The summed E-state index contributed by atoms with van der Waals surface area (Å²) in [7, 11) is 1.93. The van der Waals surface area contributed by atoms with Crippen LogP contribution in [0.2, 0.25) is 10.0 Å². The predicted molar refractivity (Wildman–Crippen MR) is 93.1 cm³/mol. The van der Waals surface area contributed by atoms with Gasteiger partial charge in [0.15, 0.2) is 0 Å². The van der Waals surface area contributed by atoms with Crippen molar-refractivity contribution in [3.05, 3.63) is 51.8 Å². The number of aromatic nitrogens is 2. The number of aryl methyl sites for hydroxylation is 1. The van der Waals surface area contributed by atoms with Crippen molar-refractivity contribution >= 4 is 23.2 Å². The van der Waals surface area contributed by atoms with Gasteiger partial charge in [-0.2, -0.15) is 5.10 Å². The Labute approximate surface area is 146 Å². The summed E-state index contributed by atoms with van der Waals surface area (Å²) in [4.78, 5) is 2.44. The zero-order valence-electron chi connectivity index (χ0n) is 13.2. The SMILES string of the molecule is Cn1cc(C2CN(CCCc3c(Cl)cccc3Cl)CCO2)cn1. The van der Waals surface area contributed by atoms with Crippen LogP contribution in [-0.4, -0.2) is 40.9 Å². The minimum absolute atomic E-state index is 0.112. The molecule has 124 valence electrons. The number of nitrogens with zero attached hydrogens (tertiary/aromatic N) is 3. The lowest BCUT2D eigenvalue weighted by Gasteiger charge is -2.32. The van der Waals surface area contributed by atoms with Crippen LogP contribution in [0.3, 0.4) is 0 Å².